The van der Waals surface area contributed by atoms with Gasteiger partial charge in [0.05, 0.1) is 0 Å². The Labute approximate surface area is 144 Å². The summed E-state index contributed by atoms with van der Waals surface area (Å²) in [5, 5.41) is 19.0. The van der Waals surface area contributed by atoms with Crippen LogP contribution in [0.25, 0.3) is 5.57 Å². The third-order valence-corrected chi connectivity index (χ3v) is 5.81. The van der Waals surface area contributed by atoms with Crippen LogP contribution in [0.5, 0.6) is 11.5 Å². The quantitative estimate of drug-likeness (QED) is 0.763. The van der Waals surface area contributed by atoms with Crippen molar-refractivity contribution in [3.63, 3.8) is 0 Å². The molecule has 2 heteroatoms. The van der Waals surface area contributed by atoms with Crippen LogP contribution in [0.4, 0.5) is 0 Å². The van der Waals surface area contributed by atoms with Gasteiger partial charge in [0.1, 0.15) is 11.5 Å². The summed E-state index contributed by atoms with van der Waals surface area (Å²) in [5.74, 6) is 1.25. The highest BCUT2D eigenvalue weighted by Crippen LogP contribution is 2.44. The van der Waals surface area contributed by atoms with Crippen LogP contribution < -0.4 is 0 Å². The molecule has 1 aliphatic carbocycles. The fourth-order valence-corrected chi connectivity index (χ4v) is 3.92. The van der Waals surface area contributed by atoms with E-state index >= 15 is 0 Å². The van der Waals surface area contributed by atoms with Gasteiger partial charge in [0.15, 0.2) is 0 Å². The van der Waals surface area contributed by atoms with Gasteiger partial charge in [0.2, 0.25) is 0 Å². The lowest BCUT2D eigenvalue weighted by Gasteiger charge is -2.39. The first kappa shape index (κ1) is 16.6. The van der Waals surface area contributed by atoms with Crippen LogP contribution in [0.3, 0.4) is 0 Å². The van der Waals surface area contributed by atoms with Crippen LogP contribution in [0.1, 0.15) is 50.7 Å². The summed E-state index contributed by atoms with van der Waals surface area (Å²) < 4.78 is 0. The van der Waals surface area contributed by atoms with Crippen LogP contribution >= 0.6 is 0 Å². The normalized spacial score (nSPS) is 20.2. The van der Waals surface area contributed by atoms with E-state index in [9.17, 15) is 10.2 Å². The maximum absolute atomic E-state index is 9.56. The molecule has 126 valence electrons. The second kappa shape index (κ2) is 6.72. The summed E-state index contributed by atoms with van der Waals surface area (Å²) in [6.07, 6.45) is 6.77. The van der Waals surface area contributed by atoms with Gasteiger partial charge in [0.25, 0.3) is 0 Å². The number of aromatic hydroxyl groups is 2. The summed E-state index contributed by atoms with van der Waals surface area (Å²) >= 11 is 0. The molecular formula is C22H26O2. The van der Waals surface area contributed by atoms with Crippen molar-refractivity contribution >= 4 is 5.57 Å². The Morgan fingerprint density at radius 2 is 1.54 bits per heavy atom. The minimum absolute atomic E-state index is 0.130. The van der Waals surface area contributed by atoms with E-state index in [4.69, 9.17) is 0 Å². The number of rotatable bonds is 4. The predicted octanol–water partition coefficient (Wildman–Crippen LogP) is 5.65. The van der Waals surface area contributed by atoms with Gasteiger partial charge in [-0.2, -0.15) is 0 Å². The van der Waals surface area contributed by atoms with Gasteiger partial charge >= 0.3 is 0 Å². The minimum Gasteiger partial charge on any atom is -0.508 e. The van der Waals surface area contributed by atoms with Gasteiger partial charge in [-0.25, -0.2) is 0 Å². The molecule has 0 aromatic heterocycles. The number of benzene rings is 2. The maximum atomic E-state index is 9.56. The topological polar surface area (TPSA) is 40.5 Å². The van der Waals surface area contributed by atoms with E-state index in [1.54, 1.807) is 24.3 Å². The van der Waals surface area contributed by atoms with Crippen LogP contribution in [0.2, 0.25) is 0 Å². The van der Waals surface area contributed by atoms with E-state index < -0.39 is 0 Å². The first-order valence-electron chi connectivity index (χ1n) is 8.81. The van der Waals surface area contributed by atoms with E-state index in [0.717, 1.165) is 25.7 Å². The molecule has 0 fully saturated rings. The SMILES string of the molecule is CCC(C)(c1ccc(O)cc1)C1CC=C(c2ccc(O)cc2)CC1. The molecule has 0 heterocycles. The van der Waals surface area contributed by atoms with Gasteiger partial charge in [0, 0.05) is 0 Å². The zero-order chi connectivity index (χ0) is 17.2. The number of hydrogen-bond acceptors (Lipinski definition) is 2. The van der Waals surface area contributed by atoms with Crippen molar-refractivity contribution in [2.24, 2.45) is 5.92 Å². The lowest BCUT2D eigenvalue weighted by molar-refractivity contribution is 0.263. The Bertz CT molecular complexity index is 713. The first-order chi connectivity index (χ1) is 11.5. The van der Waals surface area contributed by atoms with Crippen molar-refractivity contribution in [3.8, 4) is 11.5 Å². The van der Waals surface area contributed by atoms with Crippen LogP contribution in [0.15, 0.2) is 54.6 Å². The van der Waals surface area contributed by atoms with E-state index in [2.05, 4.69) is 32.1 Å². The molecule has 24 heavy (non-hydrogen) atoms. The second-order valence-electron chi connectivity index (χ2n) is 7.07. The van der Waals surface area contributed by atoms with Gasteiger partial charge < -0.3 is 10.2 Å². The van der Waals surface area contributed by atoms with Crippen LogP contribution in [0, 0.1) is 5.92 Å². The predicted molar refractivity (Wildman–Crippen MR) is 99.2 cm³/mol. The molecule has 0 bridgehead atoms. The monoisotopic (exact) mass is 322 g/mol. The molecule has 2 nitrogen and oxygen atoms in total. The number of hydrogen-bond donors (Lipinski definition) is 2. The third kappa shape index (κ3) is 3.19. The van der Waals surface area contributed by atoms with Gasteiger partial charge in [-0.1, -0.05) is 44.2 Å². The molecule has 2 N–H and O–H groups in total. The van der Waals surface area contributed by atoms with Crippen LogP contribution in [-0.2, 0) is 5.41 Å². The molecule has 1 aliphatic rings. The van der Waals surface area contributed by atoms with E-state index in [1.165, 1.54) is 16.7 Å². The lowest BCUT2D eigenvalue weighted by Crippen LogP contribution is -2.32. The second-order valence-corrected chi connectivity index (χ2v) is 7.07. The largest absolute Gasteiger partial charge is 0.508 e. The molecule has 0 radical (unpaired) electrons. The van der Waals surface area contributed by atoms with E-state index in [1.807, 2.05) is 12.1 Å². The molecule has 0 aliphatic heterocycles. The molecule has 3 rings (SSSR count). The van der Waals surface area contributed by atoms with Gasteiger partial charge in [-0.05, 0) is 78.0 Å². The van der Waals surface area contributed by atoms with Crippen LogP contribution in [-0.4, -0.2) is 10.2 Å². The fraction of sp³-hybridized carbons (Fsp3) is 0.364. The maximum Gasteiger partial charge on any atom is 0.115 e. The smallest absolute Gasteiger partial charge is 0.115 e. The third-order valence-electron chi connectivity index (χ3n) is 5.81. The zero-order valence-electron chi connectivity index (χ0n) is 14.5. The fourth-order valence-electron chi connectivity index (χ4n) is 3.92. The Balaban J connectivity index is 1.80. The van der Waals surface area contributed by atoms with Gasteiger partial charge in [-0.3, -0.25) is 0 Å². The first-order valence-corrected chi connectivity index (χ1v) is 8.81. The molecular weight excluding hydrogens is 296 g/mol. The highest BCUT2D eigenvalue weighted by Gasteiger charge is 2.35. The van der Waals surface area contributed by atoms with Crippen molar-refractivity contribution in [2.45, 2.75) is 44.9 Å². The Morgan fingerprint density at radius 1 is 0.958 bits per heavy atom. The summed E-state index contributed by atoms with van der Waals surface area (Å²) in [7, 11) is 0. The van der Waals surface area contributed by atoms with Gasteiger partial charge in [-0.15, -0.1) is 0 Å². The van der Waals surface area contributed by atoms with Crippen molar-refractivity contribution in [1.29, 1.82) is 0 Å². The summed E-state index contributed by atoms with van der Waals surface area (Å²) in [6.45, 7) is 4.61. The lowest BCUT2D eigenvalue weighted by atomic mass is 9.65. The number of allylic oxidation sites excluding steroid dienone is 2. The highest BCUT2D eigenvalue weighted by atomic mass is 16.3. The zero-order valence-corrected chi connectivity index (χ0v) is 14.5. The summed E-state index contributed by atoms with van der Waals surface area (Å²) in [5.41, 5.74) is 4.05. The number of phenolic OH excluding ortho intramolecular Hbond substituents is 2. The molecule has 2 unspecified atom stereocenters. The van der Waals surface area contributed by atoms with Crippen molar-refractivity contribution in [3.05, 3.63) is 65.7 Å². The van der Waals surface area contributed by atoms with Crippen molar-refractivity contribution < 1.29 is 10.2 Å². The van der Waals surface area contributed by atoms with E-state index in [0.29, 0.717) is 17.4 Å². The molecule has 2 aromatic carbocycles. The van der Waals surface area contributed by atoms with Crippen molar-refractivity contribution in [2.75, 3.05) is 0 Å². The standard InChI is InChI=1S/C22H26O2/c1-3-22(2,19-10-14-21(24)15-11-19)18-8-4-16(5-9-18)17-6-12-20(23)13-7-17/h4,6-7,10-15,18,23-24H,3,5,8-9H2,1-2H3. The minimum atomic E-state index is 0.130. The molecule has 0 saturated heterocycles. The Kier molecular flexibility index (Phi) is 4.66. The Morgan fingerprint density at radius 3 is 2.04 bits per heavy atom. The molecule has 0 saturated carbocycles. The highest BCUT2D eigenvalue weighted by molar-refractivity contribution is 5.66. The summed E-state index contributed by atoms with van der Waals surface area (Å²) in [6, 6.07) is 15.2. The van der Waals surface area contributed by atoms with Crippen molar-refractivity contribution in [1.82, 2.24) is 0 Å². The molecule has 2 aromatic rings. The average Bonchev–Trinajstić information content (AvgIpc) is 2.62. The molecule has 2 atom stereocenters. The van der Waals surface area contributed by atoms with E-state index in [-0.39, 0.29) is 5.41 Å². The average molecular weight is 322 g/mol. The Hall–Kier alpha value is -2.22. The summed E-state index contributed by atoms with van der Waals surface area (Å²) in [4.78, 5) is 0. The molecule has 0 amide bonds. The molecule has 0 spiro atoms. The number of phenols is 2.